The Morgan fingerprint density at radius 1 is 1.50 bits per heavy atom. The molecule has 1 aromatic heterocycles. The molecule has 0 saturated heterocycles. The van der Waals surface area contributed by atoms with Gasteiger partial charge in [-0.15, -0.1) is 0 Å². The SMILES string of the molecule is CC(N)(Cc1c[nH]c2ccccc12)OC=O. The van der Waals surface area contributed by atoms with Crippen LogP contribution < -0.4 is 5.73 Å². The number of nitrogens with one attached hydrogen (secondary N) is 1. The molecule has 3 N–H and O–H groups in total. The van der Waals surface area contributed by atoms with Gasteiger partial charge in [0.15, 0.2) is 5.72 Å². The van der Waals surface area contributed by atoms with E-state index in [9.17, 15) is 4.79 Å². The summed E-state index contributed by atoms with van der Waals surface area (Å²) in [4.78, 5) is 13.5. The third-order valence-corrected chi connectivity index (χ3v) is 2.53. The number of aromatic nitrogens is 1. The molecule has 0 saturated carbocycles. The lowest BCUT2D eigenvalue weighted by Crippen LogP contribution is -2.41. The van der Waals surface area contributed by atoms with Crippen LogP contribution in [0.2, 0.25) is 0 Å². The van der Waals surface area contributed by atoms with Crippen LogP contribution in [0, 0.1) is 0 Å². The Labute approximate surface area is 93.4 Å². The highest BCUT2D eigenvalue weighted by molar-refractivity contribution is 5.83. The molecule has 2 rings (SSSR count). The van der Waals surface area contributed by atoms with Crippen LogP contribution in [0.1, 0.15) is 12.5 Å². The number of carbonyl (C=O) groups excluding carboxylic acids is 1. The molecule has 4 heteroatoms. The van der Waals surface area contributed by atoms with E-state index >= 15 is 0 Å². The van der Waals surface area contributed by atoms with Gasteiger partial charge in [0, 0.05) is 23.5 Å². The average molecular weight is 218 g/mol. The lowest BCUT2D eigenvalue weighted by Gasteiger charge is -2.21. The van der Waals surface area contributed by atoms with Gasteiger partial charge in [0.05, 0.1) is 0 Å². The lowest BCUT2D eigenvalue weighted by atomic mass is 10.0. The zero-order valence-corrected chi connectivity index (χ0v) is 9.07. The van der Waals surface area contributed by atoms with E-state index in [1.807, 2.05) is 30.5 Å². The third kappa shape index (κ3) is 2.06. The number of ether oxygens (including phenoxy) is 1. The van der Waals surface area contributed by atoms with Gasteiger partial charge in [-0.2, -0.15) is 0 Å². The predicted octanol–water partition coefficient (Wildman–Crippen LogP) is 1.56. The first kappa shape index (κ1) is 10.7. The number of fused-ring (bicyclic) bond motifs is 1. The largest absolute Gasteiger partial charge is 0.446 e. The Bertz CT molecular complexity index is 502. The van der Waals surface area contributed by atoms with E-state index in [0.29, 0.717) is 12.9 Å². The molecule has 0 aliphatic heterocycles. The molecule has 0 aliphatic carbocycles. The Morgan fingerprint density at radius 2 is 2.25 bits per heavy atom. The summed E-state index contributed by atoms with van der Waals surface area (Å²) < 4.78 is 4.83. The summed E-state index contributed by atoms with van der Waals surface area (Å²) in [6.07, 6.45) is 2.37. The van der Waals surface area contributed by atoms with Gasteiger partial charge in [-0.05, 0) is 18.6 Å². The minimum atomic E-state index is -0.966. The number of hydrogen-bond donors (Lipinski definition) is 2. The first-order valence-corrected chi connectivity index (χ1v) is 5.08. The van der Waals surface area contributed by atoms with Crippen LogP contribution >= 0.6 is 0 Å². The van der Waals surface area contributed by atoms with Crippen molar-refractivity contribution in [2.75, 3.05) is 0 Å². The molecule has 0 radical (unpaired) electrons. The topological polar surface area (TPSA) is 68.1 Å². The summed E-state index contributed by atoms with van der Waals surface area (Å²) in [7, 11) is 0. The molecule has 1 heterocycles. The summed E-state index contributed by atoms with van der Waals surface area (Å²) in [5.41, 5.74) is 6.98. The Balaban J connectivity index is 2.31. The first-order chi connectivity index (χ1) is 7.62. The van der Waals surface area contributed by atoms with Gasteiger partial charge in [0.2, 0.25) is 0 Å². The number of para-hydroxylation sites is 1. The van der Waals surface area contributed by atoms with Crippen molar-refractivity contribution in [1.82, 2.24) is 4.98 Å². The highest BCUT2D eigenvalue weighted by atomic mass is 16.5. The molecule has 1 unspecified atom stereocenters. The molecule has 0 bridgehead atoms. The second-order valence-electron chi connectivity index (χ2n) is 4.06. The Morgan fingerprint density at radius 3 is 3.00 bits per heavy atom. The van der Waals surface area contributed by atoms with Gasteiger partial charge in [-0.25, -0.2) is 0 Å². The number of aromatic amines is 1. The van der Waals surface area contributed by atoms with Crippen molar-refractivity contribution in [3.05, 3.63) is 36.0 Å². The van der Waals surface area contributed by atoms with Crippen LogP contribution in [0.4, 0.5) is 0 Å². The third-order valence-electron chi connectivity index (χ3n) is 2.53. The van der Waals surface area contributed by atoms with Crippen molar-refractivity contribution in [3.8, 4) is 0 Å². The zero-order valence-electron chi connectivity index (χ0n) is 9.07. The van der Waals surface area contributed by atoms with Crippen molar-refractivity contribution in [2.24, 2.45) is 5.73 Å². The Hall–Kier alpha value is -1.81. The molecule has 0 fully saturated rings. The van der Waals surface area contributed by atoms with E-state index in [-0.39, 0.29) is 0 Å². The quantitative estimate of drug-likeness (QED) is 0.604. The van der Waals surface area contributed by atoms with Crippen LogP contribution in [-0.2, 0) is 16.0 Å². The Kier molecular flexibility index (Phi) is 2.66. The molecule has 16 heavy (non-hydrogen) atoms. The molecule has 2 aromatic rings. The van der Waals surface area contributed by atoms with Gasteiger partial charge in [-0.1, -0.05) is 18.2 Å². The fourth-order valence-corrected chi connectivity index (χ4v) is 1.81. The highest BCUT2D eigenvalue weighted by Crippen LogP contribution is 2.21. The predicted molar refractivity (Wildman–Crippen MR) is 61.7 cm³/mol. The lowest BCUT2D eigenvalue weighted by molar-refractivity contribution is -0.141. The van der Waals surface area contributed by atoms with Crippen LogP contribution in [0.15, 0.2) is 30.5 Å². The molecule has 84 valence electrons. The van der Waals surface area contributed by atoms with Gasteiger partial charge in [-0.3, -0.25) is 10.5 Å². The van der Waals surface area contributed by atoms with Crippen molar-refractivity contribution in [2.45, 2.75) is 19.1 Å². The summed E-state index contributed by atoms with van der Waals surface area (Å²) in [6.45, 7) is 2.07. The van der Waals surface area contributed by atoms with Crippen molar-refractivity contribution in [1.29, 1.82) is 0 Å². The summed E-state index contributed by atoms with van der Waals surface area (Å²) in [6, 6.07) is 7.94. The number of rotatable bonds is 4. The number of H-pyrrole nitrogens is 1. The maximum atomic E-state index is 10.3. The van der Waals surface area contributed by atoms with E-state index in [1.54, 1.807) is 6.92 Å². The number of benzene rings is 1. The number of nitrogens with two attached hydrogens (primary N) is 1. The van der Waals surface area contributed by atoms with Crippen molar-refractivity contribution in [3.63, 3.8) is 0 Å². The molecule has 0 spiro atoms. The normalized spacial score (nSPS) is 14.6. The van der Waals surface area contributed by atoms with E-state index in [0.717, 1.165) is 16.5 Å². The first-order valence-electron chi connectivity index (χ1n) is 5.08. The van der Waals surface area contributed by atoms with Crippen LogP contribution in [0.5, 0.6) is 0 Å². The van der Waals surface area contributed by atoms with Gasteiger partial charge in [0.25, 0.3) is 6.47 Å². The molecule has 1 atom stereocenters. The van der Waals surface area contributed by atoms with Crippen LogP contribution in [-0.4, -0.2) is 17.2 Å². The summed E-state index contributed by atoms with van der Waals surface area (Å²) in [5, 5.41) is 1.11. The number of hydrogen-bond acceptors (Lipinski definition) is 3. The summed E-state index contributed by atoms with van der Waals surface area (Å²) >= 11 is 0. The fraction of sp³-hybridized carbons (Fsp3) is 0.250. The molecule has 0 amide bonds. The second-order valence-corrected chi connectivity index (χ2v) is 4.06. The fourth-order valence-electron chi connectivity index (χ4n) is 1.81. The maximum absolute atomic E-state index is 10.3. The zero-order chi connectivity index (χ0) is 11.6. The van der Waals surface area contributed by atoms with E-state index in [1.165, 1.54) is 0 Å². The van der Waals surface area contributed by atoms with Crippen LogP contribution in [0.25, 0.3) is 10.9 Å². The maximum Gasteiger partial charge on any atom is 0.294 e. The molecule has 4 nitrogen and oxygen atoms in total. The van der Waals surface area contributed by atoms with Gasteiger partial charge >= 0.3 is 0 Å². The summed E-state index contributed by atoms with van der Waals surface area (Å²) in [5.74, 6) is 0. The van der Waals surface area contributed by atoms with Gasteiger partial charge in [0.1, 0.15) is 0 Å². The standard InChI is InChI=1S/C12H14N2O2/c1-12(13,16-8-15)6-9-7-14-11-5-3-2-4-10(9)11/h2-5,7-8,14H,6,13H2,1H3. The monoisotopic (exact) mass is 218 g/mol. The van der Waals surface area contributed by atoms with E-state index < -0.39 is 5.72 Å². The van der Waals surface area contributed by atoms with Crippen molar-refractivity contribution >= 4 is 17.4 Å². The van der Waals surface area contributed by atoms with Crippen LogP contribution in [0.3, 0.4) is 0 Å². The van der Waals surface area contributed by atoms with Gasteiger partial charge < -0.3 is 9.72 Å². The second kappa shape index (κ2) is 3.98. The average Bonchev–Trinajstić information content (AvgIpc) is 2.61. The molecular weight excluding hydrogens is 204 g/mol. The van der Waals surface area contributed by atoms with E-state index in [2.05, 4.69) is 4.98 Å². The van der Waals surface area contributed by atoms with E-state index in [4.69, 9.17) is 10.5 Å². The smallest absolute Gasteiger partial charge is 0.294 e. The molecule has 0 aliphatic rings. The molecular formula is C12H14N2O2. The minimum Gasteiger partial charge on any atom is -0.446 e. The van der Waals surface area contributed by atoms with Crippen molar-refractivity contribution < 1.29 is 9.53 Å². The minimum absolute atomic E-state index is 0.384. The highest BCUT2D eigenvalue weighted by Gasteiger charge is 2.21. The number of carbonyl (C=O) groups is 1. The molecule has 1 aromatic carbocycles.